The predicted molar refractivity (Wildman–Crippen MR) is 193 cm³/mol. The summed E-state index contributed by atoms with van der Waals surface area (Å²) in [6, 6.07) is 41.9. The monoisotopic (exact) mass is 592 g/mol. The second-order valence-electron chi connectivity index (χ2n) is 11.6. The van der Waals surface area contributed by atoms with Crippen molar-refractivity contribution in [1.82, 2.24) is 9.55 Å². The maximum absolute atomic E-state index is 4.99. The minimum Gasteiger partial charge on any atom is -0.293 e. The number of allylic oxidation sites excluding steroid dienone is 5. The molecule has 0 aliphatic heterocycles. The largest absolute Gasteiger partial charge is 0.293 e. The molecule has 0 unspecified atom stereocenters. The highest BCUT2D eigenvalue weighted by Gasteiger charge is 2.18. The minimum atomic E-state index is 0.882. The van der Waals surface area contributed by atoms with E-state index in [2.05, 4.69) is 151 Å². The van der Waals surface area contributed by atoms with Crippen molar-refractivity contribution >= 4 is 58.9 Å². The van der Waals surface area contributed by atoms with Crippen LogP contribution in [-0.4, -0.2) is 9.55 Å². The Labute approximate surface area is 265 Å². The summed E-state index contributed by atoms with van der Waals surface area (Å²) < 4.78 is 4.80. The van der Waals surface area contributed by atoms with Crippen molar-refractivity contribution in [3.63, 3.8) is 0 Å². The van der Waals surface area contributed by atoms with Crippen LogP contribution in [0.1, 0.15) is 11.1 Å². The fourth-order valence-corrected chi connectivity index (χ4v) is 8.05. The highest BCUT2D eigenvalue weighted by Crippen LogP contribution is 2.42. The van der Waals surface area contributed by atoms with E-state index < -0.39 is 0 Å². The van der Waals surface area contributed by atoms with Crippen LogP contribution >= 0.6 is 11.3 Å². The van der Waals surface area contributed by atoms with E-state index >= 15 is 0 Å². The molecule has 0 N–H and O–H groups in total. The van der Waals surface area contributed by atoms with Gasteiger partial charge in [-0.25, -0.2) is 4.98 Å². The highest BCUT2D eigenvalue weighted by molar-refractivity contribution is 7.26. The summed E-state index contributed by atoms with van der Waals surface area (Å²) in [6.45, 7) is 4.37. The number of nitrogens with zero attached hydrogens (tertiary/aromatic N) is 2. The molecule has 2 nitrogen and oxygen atoms in total. The molecule has 1 aliphatic rings. The van der Waals surface area contributed by atoms with Crippen LogP contribution in [0.15, 0.2) is 152 Å². The molecule has 5 aromatic carbocycles. The van der Waals surface area contributed by atoms with Crippen LogP contribution < -0.4 is 0 Å². The first-order valence-electron chi connectivity index (χ1n) is 15.3. The number of rotatable bonds is 2. The maximum Gasteiger partial charge on any atom is 0.155 e. The van der Waals surface area contributed by atoms with Crippen molar-refractivity contribution in [2.24, 2.45) is 0 Å². The molecule has 212 valence electrons. The molecule has 3 heteroatoms. The summed E-state index contributed by atoms with van der Waals surface area (Å²) in [6.07, 6.45) is 11.4. The van der Waals surface area contributed by atoms with Crippen molar-refractivity contribution in [2.45, 2.75) is 6.42 Å². The van der Waals surface area contributed by atoms with Gasteiger partial charge in [0.15, 0.2) is 5.82 Å². The molecule has 3 aromatic heterocycles. The average Bonchev–Trinajstić information content (AvgIpc) is 3.63. The van der Waals surface area contributed by atoms with Gasteiger partial charge in [-0.2, -0.15) is 0 Å². The number of hydrogen-bond donors (Lipinski definition) is 0. The Morgan fingerprint density at radius 3 is 2.16 bits per heavy atom. The van der Waals surface area contributed by atoms with E-state index in [1.165, 1.54) is 75.4 Å². The third-order valence-electron chi connectivity index (χ3n) is 9.05. The lowest BCUT2D eigenvalue weighted by Crippen LogP contribution is -1.96. The number of hydrogen-bond acceptors (Lipinski definition) is 2. The van der Waals surface area contributed by atoms with Gasteiger partial charge in [-0.1, -0.05) is 110 Å². The van der Waals surface area contributed by atoms with Crippen LogP contribution in [0.25, 0.3) is 75.6 Å². The molecule has 0 bridgehead atoms. The topological polar surface area (TPSA) is 17.8 Å². The van der Waals surface area contributed by atoms with Gasteiger partial charge >= 0.3 is 0 Å². The lowest BCUT2D eigenvalue weighted by molar-refractivity contribution is 1.11. The molecule has 0 radical (unpaired) electrons. The van der Waals surface area contributed by atoms with Crippen LogP contribution in [0, 0.1) is 0 Å². The van der Waals surface area contributed by atoms with Gasteiger partial charge in [0, 0.05) is 32.4 Å². The Balaban J connectivity index is 1.23. The average molecular weight is 593 g/mol. The van der Waals surface area contributed by atoms with Gasteiger partial charge in [-0.3, -0.25) is 4.57 Å². The minimum absolute atomic E-state index is 0.882. The van der Waals surface area contributed by atoms with Crippen molar-refractivity contribution in [3.05, 3.63) is 163 Å². The Kier molecular flexibility index (Phi) is 5.93. The fourth-order valence-electron chi connectivity index (χ4n) is 6.90. The van der Waals surface area contributed by atoms with E-state index in [1.807, 2.05) is 17.5 Å². The lowest BCUT2D eigenvalue weighted by Gasteiger charge is -2.16. The van der Waals surface area contributed by atoms with Gasteiger partial charge in [0.25, 0.3) is 0 Å². The first-order valence-corrected chi connectivity index (χ1v) is 16.1. The zero-order valence-electron chi connectivity index (χ0n) is 24.6. The lowest BCUT2D eigenvalue weighted by atomic mass is 9.88. The van der Waals surface area contributed by atoms with Gasteiger partial charge in [-0.15, -0.1) is 11.3 Å². The van der Waals surface area contributed by atoms with Crippen molar-refractivity contribution in [3.8, 4) is 28.1 Å². The van der Waals surface area contributed by atoms with Crippen LogP contribution in [0.2, 0.25) is 0 Å². The molecule has 3 heterocycles. The third kappa shape index (κ3) is 4.12. The quantitative estimate of drug-likeness (QED) is 0.195. The number of thiophene rings is 1. The molecule has 9 rings (SSSR count). The van der Waals surface area contributed by atoms with Gasteiger partial charge in [-0.05, 0) is 81.8 Å². The summed E-state index contributed by atoms with van der Waals surface area (Å²) in [5.74, 6) is 0.986. The van der Waals surface area contributed by atoms with E-state index in [0.717, 1.165) is 17.8 Å². The molecule has 0 saturated heterocycles. The smallest absolute Gasteiger partial charge is 0.155 e. The van der Waals surface area contributed by atoms with Gasteiger partial charge in [0.1, 0.15) is 0 Å². The summed E-state index contributed by atoms with van der Waals surface area (Å²) in [5.41, 5.74) is 10.8. The van der Waals surface area contributed by atoms with E-state index in [9.17, 15) is 0 Å². The molecule has 0 fully saturated rings. The summed E-state index contributed by atoms with van der Waals surface area (Å²) in [5, 5.41) is 4.99. The molecule has 8 aromatic rings. The van der Waals surface area contributed by atoms with E-state index in [-0.39, 0.29) is 0 Å². The maximum atomic E-state index is 4.99. The molecular formula is C42H28N2S. The predicted octanol–water partition coefficient (Wildman–Crippen LogP) is 11.6. The van der Waals surface area contributed by atoms with Crippen LogP contribution in [0.5, 0.6) is 0 Å². The fraction of sp³-hybridized carbons (Fsp3) is 0.0238. The first-order chi connectivity index (χ1) is 22.2. The molecule has 1 aliphatic carbocycles. The van der Waals surface area contributed by atoms with E-state index in [4.69, 9.17) is 4.98 Å². The molecular weight excluding hydrogens is 565 g/mol. The summed E-state index contributed by atoms with van der Waals surface area (Å²) >= 11 is 1.82. The number of aromatic nitrogens is 2. The second-order valence-corrected chi connectivity index (χ2v) is 12.7. The molecule has 0 saturated carbocycles. The molecule has 0 amide bonds. The second kappa shape index (κ2) is 10.3. The number of fused-ring (bicyclic) bond motifs is 9. The van der Waals surface area contributed by atoms with Crippen LogP contribution in [0.3, 0.4) is 0 Å². The Morgan fingerprint density at radius 1 is 0.622 bits per heavy atom. The molecule has 0 atom stereocenters. The van der Waals surface area contributed by atoms with Gasteiger partial charge in [0.05, 0.1) is 15.7 Å². The standard InChI is InChI=1S/C42H28N2S/c1-27-11-3-2-4-12-28-19-20-29(25-36(28)32-14-6-5-13-31(27)32)30-21-22-40-37(26-30)35-23-24-43-42(41(35)45-40)44-38-17-9-7-15-33(38)34-16-8-10-18-39(34)44/h2-11,13-26H,1,12H2/b4-2-,11-3-. The SMILES string of the molecule is C=C1/C=C\C=C/Cc2ccc(-c3ccc4sc5c(-n6c7ccccc7c7ccccc76)nccc5c4c3)cc2-c2ccccc21. The van der Waals surface area contributed by atoms with Crippen molar-refractivity contribution in [2.75, 3.05) is 0 Å². The Morgan fingerprint density at radius 2 is 1.33 bits per heavy atom. The highest BCUT2D eigenvalue weighted by atomic mass is 32.1. The third-order valence-corrected chi connectivity index (χ3v) is 10.2. The number of benzene rings is 5. The van der Waals surface area contributed by atoms with E-state index in [0.29, 0.717) is 0 Å². The number of pyridine rings is 1. The zero-order valence-corrected chi connectivity index (χ0v) is 25.4. The normalized spacial score (nSPS) is 14.5. The zero-order chi connectivity index (χ0) is 29.9. The Bertz CT molecular complexity index is 2490. The van der Waals surface area contributed by atoms with Crippen LogP contribution in [-0.2, 0) is 6.42 Å². The van der Waals surface area contributed by atoms with Crippen LogP contribution in [0.4, 0.5) is 0 Å². The first kappa shape index (κ1) is 25.9. The number of para-hydroxylation sites is 2. The van der Waals surface area contributed by atoms with Gasteiger partial charge < -0.3 is 0 Å². The van der Waals surface area contributed by atoms with Crippen molar-refractivity contribution < 1.29 is 0 Å². The summed E-state index contributed by atoms with van der Waals surface area (Å²) in [4.78, 5) is 4.99. The van der Waals surface area contributed by atoms with E-state index in [1.54, 1.807) is 0 Å². The van der Waals surface area contributed by atoms with Crippen molar-refractivity contribution in [1.29, 1.82) is 0 Å². The Hall–Kier alpha value is -5.51. The summed E-state index contributed by atoms with van der Waals surface area (Å²) in [7, 11) is 0. The van der Waals surface area contributed by atoms with Gasteiger partial charge in [0.2, 0.25) is 0 Å². The molecule has 45 heavy (non-hydrogen) atoms. The molecule has 0 spiro atoms.